The molecule has 1 aromatic heterocycles. The predicted octanol–water partition coefficient (Wildman–Crippen LogP) is 5.25. The molecule has 0 aliphatic rings. The van der Waals surface area contributed by atoms with E-state index < -0.39 is 0 Å². The van der Waals surface area contributed by atoms with Crippen LogP contribution in [0.3, 0.4) is 0 Å². The molecule has 2 aromatic carbocycles. The lowest BCUT2D eigenvalue weighted by Crippen LogP contribution is -2.39. The summed E-state index contributed by atoms with van der Waals surface area (Å²) >= 11 is 1.59. The first-order valence-corrected chi connectivity index (χ1v) is 10.8. The molecule has 0 N–H and O–H groups in total. The van der Waals surface area contributed by atoms with E-state index in [-0.39, 0.29) is 18.3 Å². The van der Waals surface area contributed by atoms with Crippen molar-refractivity contribution in [1.29, 1.82) is 0 Å². The lowest BCUT2D eigenvalue weighted by Gasteiger charge is -2.25. The van der Waals surface area contributed by atoms with Crippen molar-refractivity contribution < 1.29 is 4.79 Å². The minimum Gasteiger partial charge on any atom is -0.302 e. The molecule has 6 heteroatoms. The summed E-state index contributed by atoms with van der Waals surface area (Å²) in [7, 11) is 0. The highest BCUT2D eigenvalue weighted by Crippen LogP contribution is 2.29. The summed E-state index contributed by atoms with van der Waals surface area (Å²) < 4.78 is 1.12. The van der Waals surface area contributed by atoms with Crippen molar-refractivity contribution in [2.75, 3.05) is 31.1 Å². The monoisotopic (exact) mass is 431 g/mol. The summed E-state index contributed by atoms with van der Waals surface area (Å²) in [6, 6.07) is 14.4. The molecule has 0 radical (unpaired) electrons. The first-order valence-electron chi connectivity index (χ1n) is 9.96. The summed E-state index contributed by atoms with van der Waals surface area (Å²) in [5.74, 6) is 0.111. The Morgan fingerprint density at radius 3 is 2.45 bits per heavy atom. The van der Waals surface area contributed by atoms with Gasteiger partial charge >= 0.3 is 0 Å². The van der Waals surface area contributed by atoms with Crippen LogP contribution in [0.15, 0.2) is 42.5 Å². The third-order valence-electron chi connectivity index (χ3n) is 5.20. The summed E-state index contributed by atoms with van der Waals surface area (Å²) in [6.07, 6.45) is 0.404. The number of aryl methyl sites for hydroxylation is 2. The predicted molar refractivity (Wildman–Crippen MR) is 127 cm³/mol. The number of carbonyl (C=O) groups is 1. The molecule has 0 fully saturated rings. The lowest BCUT2D eigenvalue weighted by atomic mass is 10.0. The van der Waals surface area contributed by atoms with Crippen molar-refractivity contribution in [3.05, 3.63) is 59.2 Å². The van der Waals surface area contributed by atoms with Crippen LogP contribution in [-0.2, 0) is 11.2 Å². The molecule has 0 unspecified atom stereocenters. The summed E-state index contributed by atoms with van der Waals surface area (Å²) in [6.45, 7) is 11.9. The zero-order valence-electron chi connectivity index (χ0n) is 17.6. The van der Waals surface area contributed by atoms with Crippen molar-refractivity contribution in [3.63, 3.8) is 0 Å². The van der Waals surface area contributed by atoms with Gasteiger partial charge in [0, 0.05) is 13.1 Å². The number of para-hydroxylation sites is 1. The maximum absolute atomic E-state index is 13.3. The number of halogens is 1. The molecule has 0 aliphatic carbocycles. The number of benzene rings is 2. The van der Waals surface area contributed by atoms with Gasteiger partial charge in [-0.25, -0.2) is 4.98 Å². The quantitative estimate of drug-likeness (QED) is 0.488. The highest BCUT2D eigenvalue weighted by Gasteiger charge is 2.21. The number of rotatable bonds is 8. The van der Waals surface area contributed by atoms with Crippen LogP contribution in [0.5, 0.6) is 0 Å². The Morgan fingerprint density at radius 2 is 1.76 bits per heavy atom. The molecule has 156 valence electrons. The standard InChI is InChI=1S/C23H29N3OS.ClH/c1-5-25(6-2)13-14-26(23-24-20-9-7-8-10-21(20)28-23)22(27)16-19-15-17(3)11-12-18(19)4;/h7-12,15H,5-6,13-14,16H2,1-4H3;1H. The molecule has 3 rings (SSSR count). The molecule has 4 nitrogen and oxygen atoms in total. The molecule has 0 bridgehead atoms. The van der Waals surface area contributed by atoms with E-state index in [0.717, 1.165) is 46.1 Å². The van der Waals surface area contributed by atoms with Crippen LogP contribution in [0.25, 0.3) is 10.2 Å². The third-order valence-corrected chi connectivity index (χ3v) is 6.25. The van der Waals surface area contributed by atoms with Gasteiger partial charge in [-0.15, -0.1) is 12.4 Å². The Labute approximate surface area is 184 Å². The Kier molecular flexibility index (Phi) is 8.62. The maximum Gasteiger partial charge on any atom is 0.233 e. The maximum atomic E-state index is 13.3. The van der Waals surface area contributed by atoms with E-state index in [1.54, 1.807) is 11.3 Å². The average Bonchev–Trinajstić information content (AvgIpc) is 3.11. The van der Waals surface area contributed by atoms with Crippen molar-refractivity contribution in [2.24, 2.45) is 0 Å². The number of anilines is 1. The summed E-state index contributed by atoms with van der Waals surface area (Å²) in [5, 5.41) is 0.795. The number of aromatic nitrogens is 1. The number of thiazole rings is 1. The van der Waals surface area contributed by atoms with Crippen molar-refractivity contribution >= 4 is 45.0 Å². The molecule has 0 aliphatic heterocycles. The van der Waals surface area contributed by atoms with Gasteiger partial charge < -0.3 is 4.90 Å². The SMILES string of the molecule is CCN(CC)CCN(C(=O)Cc1cc(C)ccc1C)c1nc2ccccc2s1.Cl. The number of likely N-dealkylation sites (N-methyl/N-ethyl adjacent to an activating group) is 1. The molecular formula is C23H30ClN3OS. The second-order valence-electron chi connectivity index (χ2n) is 7.14. The fraction of sp³-hybridized carbons (Fsp3) is 0.391. The van der Waals surface area contributed by atoms with Gasteiger partial charge in [-0.2, -0.15) is 0 Å². The number of amides is 1. The number of fused-ring (bicyclic) bond motifs is 1. The molecule has 0 spiro atoms. The van der Waals surface area contributed by atoms with Gasteiger partial charge in [0.15, 0.2) is 5.13 Å². The van der Waals surface area contributed by atoms with Crippen LogP contribution in [0.4, 0.5) is 5.13 Å². The van der Waals surface area contributed by atoms with Gasteiger partial charge in [0.2, 0.25) is 5.91 Å². The van der Waals surface area contributed by atoms with E-state index in [2.05, 4.69) is 56.9 Å². The zero-order valence-corrected chi connectivity index (χ0v) is 19.3. The van der Waals surface area contributed by atoms with E-state index in [9.17, 15) is 4.79 Å². The summed E-state index contributed by atoms with van der Waals surface area (Å²) in [4.78, 5) is 22.3. The molecule has 3 aromatic rings. The van der Waals surface area contributed by atoms with Gasteiger partial charge in [0.05, 0.1) is 16.6 Å². The van der Waals surface area contributed by atoms with E-state index in [0.29, 0.717) is 13.0 Å². The number of hydrogen-bond acceptors (Lipinski definition) is 4. The fourth-order valence-electron chi connectivity index (χ4n) is 3.33. The first kappa shape index (κ1) is 23.3. The number of nitrogens with zero attached hydrogens (tertiary/aromatic N) is 3. The second-order valence-corrected chi connectivity index (χ2v) is 8.15. The normalized spacial score (nSPS) is 10.9. The van der Waals surface area contributed by atoms with Gasteiger partial charge in [0.1, 0.15) is 0 Å². The fourth-order valence-corrected chi connectivity index (χ4v) is 4.34. The molecule has 0 atom stereocenters. The minimum atomic E-state index is 0. The average molecular weight is 432 g/mol. The second kappa shape index (κ2) is 10.7. The highest BCUT2D eigenvalue weighted by atomic mass is 35.5. The topological polar surface area (TPSA) is 36.4 Å². The van der Waals surface area contributed by atoms with Crippen molar-refractivity contribution in [2.45, 2.75) is 34.1 Å². The van der Waals surface area contributed by atoms with Crippen LogP contribution in [0, 0.1) is 13.8 Å². The van der Waals surface area contributed by atoms with Gasteiger partial charge in [-0.05, 0) is 50.2 Å². The molecule has 0 saturated heterocycles. The number of hydrogen-bond donors (Lipinski definition) is 0. The number of carbonyl (C=O) groups excluding carboxylic acids is 1. The van der Waals surface area contributed by atoms with Gasteiger partial charge in [-0.1, -0.05) is 61.1 Å². The van der Waals surface area contributed by atoms with Crippen LogP contribution >= 0.6 is 23.7 Å². The van der Waals surface area contributed by atoms with E-state index in [1.807, 2.05) is 23.1 Å². The Morgan fingerprint density at radius 1 is 1.03 bits per heavy atom. The van der Waals surface area contributed by atoms with Gasteiger partial charge in [-0.3, -0.25) is 9.69 Å². The van der Waals surface area contributed by atoms with Gasteiger partial charge in [0.25, 0.3) is 0 Å². The smallest absolute Gasteiger partial charge is 0.233 e. The van der Waals surface area contributed by atoms with Crippen molar-refractivity contribution in [3.8, 4) is 0 Å². The van der Waals surface area contributed by atoms with Crippen LogP contribution < -0.4 is 4.90 Å². The Hall–Kier alpha value is -1.95. The Balaban J connectivity index is 0.00000300. The van der Waals surface area contributed by atoms with Crippen LogP contribution in [0.2, 0.25) is 0 Å². The zero-order chi connectivity index (χ0) is 20.1. The molecule has 1 amide bonds. The molecule has 29 heavy (non-hydrogen) atoms. The van der Waals surface area contributed by atoms with E-state index in [4.69, 9.17) is 4.98 Å². The molecule has 1 heterocycles. The van der Waals surface area contributed by atoms with Crippen molar-refractivity contribution in [1.82, 2.24) is 9.88 Å². The third kappa shape index (κ3) is 5.78. The molecular weight excluding hydrogens is 402 g/mol. The van der Waals surface area contributed by atoms with E-state index in [1.165, 1.54) is 5.56 Å². The largest absolute Gasteiger partial charge is 0.302 e. The summed E-state index contributed by atoms with van der Waals surface area (Å²) in [5.41, 5.74) is 4.39. The first-order chi connectivity index (χ1) is 13.5. The van der Waals surface area contributed by atoms with Crippen LogP contribution in [0.1, 0.15) is 30.5 Å². The highest BCUT2D eigenvalue weighted by molar-refractivity contribution is 7.22. The lowest BCUT2D eigenvalue weighted by molar-refractivity contribution is -0.118. The Bertz CT molecular complexity index is 919. The van der Waals surface area contributed by atoms with Crippen LogP contribution in [-0.4, -0.2) is 42.0 Å². The molecule has 0 saturated carbocycles. The van der Waals surface area contributed by atoms with E-state index >= 15 is 0 Å². The minimum absolute atomic E-state index is 0.